The highest BCUT2D eigenvalue weighted by Crippen LogP contribution is 2.30. The predicted molar refractivity (Wildman–Crippen MR) is 66.1 cm³/mol. The summed E-state index contributed by atoms with van der Waals surface area (Å²) in [6, 6.07) is 1.84. The van der Waals surface area contributed by atoms with E-state index in [-0.39, 0.29) is 11.4 Å². The molecule has 0 saturated carbocycles. The van der Waals surface area contributed by atoms with Crippen LogP contribution in [0.15, 0.2) is 17.2 Å². The van der Waals surface area contributed by atoms with Crippen LogP contribution < -0.4 is 0 Å². The molecule has 0 aliphatic heterocycles. The van der Waals surface area contributed by atoms with Gasteiger partial charge in [0.1, 0.15) is 0 Å². The molecule has 0 atom stereocenters. The van der Waals surface area contributed by atoms with Gasteiger partial charge in [0.25, 0.3) is 0 Å². The van der Waals surface area contributed by atoms with Crippen LogP contribution in [0, 0.1) is 0 Å². The van der Waals surface area contributed by atoms with E-state index in [9.17, 15) is 4.79 Å². The monoisotopic (exact) mass is 239 g/mol. The van der Waals surface area contributed by atoms with Crippen LogP contribution in [0.4, 0.5) is 0 Å². The Kier molecular flexibility index (Phi) is 3.97. The van der Waals surface area contributed by atoms with Crippen LogP contribution in [0.2, 0.25) is 0 Å². The van der Waals surface area contributed by atoms with Gasteiger partial charge < -0.3 is 4.74 Å². The van der Waals surface area contributed by atoms with Crippen molar-refractivity contribution in [3.8, 4) is 0 Å². The second-order valence-corrected chi connectivity index (χ2v) is 5.33. The van der Waals surface area contributed by atoms with E-state index < -0.39 is 0 Å². The van der Waals surface area contributed by atoms with E-state index in [0.717, 1.165) is 10.6 Å². The zero-order chi connectivity index (χ0) is 12.3. The zero-order valence-corrected chi connectivity index (χ0v) is 11.1. The summed E-state index contributed by atoms with van der Waals surface area (Å²) in [6.45, 7) is 6.10. The van der Waals surface area contributed by atoms with E-state index in [1.54, 1.807) is 6.20 Å². The summed E-state index contributed by atoms with van der Waals surface area (Å²) in [5.41, 5.74) is 1.20. The van der Waals surface area contributed by atoms with Gasteiger partial charge in [-0.3, -0.25) is 4.98 Å². The Balaban J connectivity index is 3.44. The Labute approximate surface area is 101 Å². The molecule has 1 aromatic heterocycles. The SMILES string of the molecule is COC(=O)c1c(SC)ccnc1C(C)(C)C. The lowest BCUT2D eigenvalue weighted by Crippen LogP contribution is -2.20. The van der Waals surface area contributed by atoms with Crippen LogP contribution in [0.25, 0.3) is 0 Å². The van der Waals surface area contributed by atoms with Gasteiger partial charge in [-0.2, -0.15) is 0 Å². The Hall–Kier alpha value is -1.03. The molecule has 1 rings (SSSR count). The van der Waals surface area contributed by atoms with Gasteiger partial charge in [0.2, 0.25) is 0 Å². The molecule has 0 unspecified atom stereocenters. The molecular formula is C12H17NO2S. The van der Waals surface area contributed by atoms with Crippen molar-refractivity contribution in [3.05, 3.63) is 23.5 Å². The average Bonchev–Trinajstić information content (AvgIpc) is 2.25. The van der Waals surface area contributed by atoms with Gasteiger partial charge in [0.15, 0.2) is 0 Å². The Morgan fingerprint density at radius 1 is 1.44 bits per heavy atom. The van der Waals surface area contributed by atoms with Gasteiger partial charge >= 0.3 is 5.97 Å². The normalized spacial score (nSPS) is 11.3. The fourth-order valence-electron chi connectivity index (χ4n) is 1.48. The molecule has 0 aliphatic carbocycles. The molecule has 0 bridgehead atoms. The van der Waals surface area contributed by atoms with Crippen molar-refractivity contribution in [2.75, 3.05) is 13.4 Å². The van der Waals surface area contributed by atoms with Gasteiger partial charge in [0.05, 0.1) is 18.4 Å². The molecule has 0 amide bonds. The van der Waals surface area contributed by atoms with E-state index in [0.29, 0.717) is 5.56 Å². The minimum atomic E-state index is -0.317. The lowest BCUT2D eigenvalue weighted by atomic mass is 9.88. The summed E-state index contributed by atoms with van der Waals surface area (Å²) in [6.07, 6.45) is 3.67. The number of methoxy groups -OCH3 is 1. The Morgan fingerprint density at radius 3 is 2.50 bits per heavy atom. The number of hydrogen-bond acceptors (Lipinski definition) is 4. The maximum absolute atomic E-state index is 11.8. The van der Waals surface area contributed by atoms with Crippen molar-refractivity contribution in [2.45, 2.75) is 31.1 Å². The minimum Gasteiger partial charge on any atom is -0.465 e. The average molecular weight is 239 g/mol. The summed E-state index contributed by atoms with van der Waals surface area (Å²) in [5.74, 6) is -0.317. The van der Waals surface area contributed by atoms with Gasteiger partial charge in [-0.1, -0.05) is 20.8 Å². The number of ether oxygens (including phenoxy) is 1. The maximum Gasteiger partial charge on any atom is 0.340 e. The molecule has 0 radical (unpaired) electrons. The number of pyridine rings is 1. The van der Waals surface area contributed by atoms with Gasteiger partial charge in [-0.15, -0.1) is 11.8 Å². The van der Waals surface area contributed by atoms with E-state index in [1.165, 1.54) is 18.9 Å². The number of carbonyl (C=O) groups excluding carboxylic acids is 1. The number of thioether (sulfide) groups is 1. The molecule has 1 aromatic rings. The quantitative estimate of drug-likeness (QED) is 0.587. The standard InChI is InChI=1S/C12H17NO2S/c1-12(2,3)10-9(11(14)15-4)8(16-5)6-7-13-10/h6-7H,1-5H3. The van der Waals surface area contributed by atoms with E-state index in [4.69, 9.17) is 4.74 Å². The largest absolute Gasteiger partial charge is 0.465 e. The van der Waals surface area contributed by atoms with E-state index in [1.807, 2.05) is 33.1 Å². The molecule has 0 spiro atoms. The molecular weight excluding hydrogens is 222 g/mol. The maximum atomic E-state index is 11.8. The summed E-state index contributed by atoms with van der Waals surface area (Å²) >= 11 is 1.53. The van der Waals surface area contributed by atoms with Gasteiger partial charge in [-0.05, 0) is 12.3 Å². The third kappa shape index (κ3) is 2.55. The fraction of sp³-hybridized carbons (Fsp3) is 0.500. The van der Waals surface area contributed by atoms with E-state index in [2.05, 4.69) is 4.98 Å². The minimum absolute atomic E-state index is 0.171. The summed E-state index contributed by atoms with van der Waals surface area (Å²) in [4.78, 5) is 17.0. The molecule has 0 N–H and O–H groups in total. The number of aromatic nitrogens is 1. The molecule has 1 heterocycles. The van der Waals surface area contributed by atoms with Crippen molar-refractivity contribution < 1.29 is 9.53 Å². The number of rotatable bonds is 2. The van der Waals surface area contributed by atoms with Crippen LogP contribution in [0.5, 0.6) is 0 Å². The van der Waals surface area contributed by atoms with E-state index >= 15 is 0 Å². The van der Waals surface area contributed by atoms with Crippen molar-refractivity contribution in [3.63, 3.8) is 0 Å². The first-order valence-corrected chi connectivity index (χ1v) is 6.26. The van der Waals surface area contributed by atoms with Crippen LogP contribution in [-0.2, 0) is 10.2 Å². The highest BCUT2D eigenvalue weighted by Gasteiger charge is 2.26. The Bertz CT molecular complexity index is 396. The van der Waals surface area contributed by atoms with Crippen molar-refractivity contribution in [1.29, 1.82) is 0 Å². The Morgan fingerprint density at radius 2 is 2.06 bits per heavy atom. The predicted octanol–water partition coefficient (Wildman–Crippen LogP) is 2.89. The van der Waals surface area contributed by atoms with Crippen LogP contribution in [0.1, 0.15) is 36.8 Å². The summed E-state index contributed by atoms with van der Waals surface area (Å²) < 4.78 is 4.82. The topological polar surface area (TPSA) is 39.2 Å². The first-order valence-electron chi connectivity index (χ1n) is 5.03. The van der Waals surface area contributed by atoms with Gasteiger partial charge in [-0.25, -0.2) is 4.79 Å². The first kappa shape index (κ1) is 13.0. The lowest BCUT2D eigenvalue weighted by molar-refractivity contribution is 0.0593. The molecule has 4 heteroatoms. The zero-order valence-electron chi connectivity index (χ0n) is 10.3. The molecule has 0 fully saturated rings. The second kappa shape index (κ2) is 4.87. The van der Waals surface area contributed by atoms with Crippen molar-refractivity contribution in [1.82, 2.24) is 4.98 Å². The summed E-state index contributed by atoms with van der Waals surface area (Å²) in [5, 5.41) is 0. The summed E-state index contributed by atoms with van der Waals surface area (Å²) in [7, 11) is 1.39. The lowest BCUT2D eigenvalue weighted by Gasteiger charge is -2.21. The smallest absolute Gasteiger partial charge is 0.340 e. The highest BCUT2D eigenvalue weighted by atomic mass is 32.2. The fourth-order valence-corrected chi connectivity index (χ4v) is 2.06. The second-order valence-electron chi connectivity index (χ2n) is 4.48. The molecule has 0 saturated heterocycles. The van der Waals surface area contributed by atoms with Crippen molar-refractivity contribution >= 4 is 17.7 Å². The molecule has 88 valence electrons. The first-order chi connectivity index (χ1) is 7.41. The van der Waals surface area contributed by atoms with Crippen LogP contribution in [-0.4, -0.2) is 24.3 Å². The molecule has 0 aromatic carbocycles. The third-order valence-corrected chi connectivity index (χ3v) is 3.01. The number of nitrogens with zero attached hydrogens (tertiary/aromatic N) is 1. The number of esters is 1. The van der Waals surface area contributed by atoms with Crippen LogP contribution in [0.3, 0.4) is 0 Å². The van der Waals surface area contributed by atoms with Gasteiger partial charge in [0, 0.05) is 16.5 Å². The molecule has 3 nitrogen and oxygen atoms in total. The highest BCUT2D eigenvalue weighted by molar-refractivity contribution is 7.98. The van der Waals surface area contributed by atoms with Crippen molar-refractivity contribution in [2.24, 2.45) is 0 Å². The molecule has 0 aliphatic rings. The number of carbonyl (C=O) groups is 1. The number of hydrogen-bond donors (Lipinski definition) is 0. The molecule has 16 heavy (non-hydrogen) atoms. The third-order valence-electron chi connectivity index (χ3n) is 2.23. The van der Waals surface area contributed by atoms with Crippen LogP contribution >= 0.6 is 11.8 Å².